The van der Waals surface area contributed by atoms with Crippen molar-refractivity contribution in [3.8, 4) is 0 Å². The highest BCUT2D eigenvalue weighted by Gasteiger charge is 2.09. The molecule has 1 aromatic heterocycles. The molecule has 0 aliphatic heterocycles. The summed E-state index contributed by atoms with van der Waals surface area (Å²) in [6, 6.07) is 1.79. The lowest BCUT2D eigenvalue weighted by atomic mass is 10.4. The molecule has 1 N–H and O–H groups in total. The molecule has 0 amide bonds. The fraction of sp³-hybridized carbons (Fsp3) is 0.545. The summed E-state index contributed by atoms with van der Waals surface area (Å²) in [5.74, 6) is 0.531. The van der Waals surface area contributed by atoms with E-state index in [0.717, 1.165) is 18.8 Å². The number of carboxylic acid groups (broad SMARTS) is 1. The topological polar surface area (TPSA) is 69.6 Å². The fourth-order valence-corrected chi connectivity index (χ4v) is 1.49. The van der Waals surface area contributed by atoms with E-state index < -0.39 is 5.97 Å². The Morgan fingerprint density at radius 2 is 1.88 bits per heavy atom. The third-order valence-electron chi connectivity index (χ3n) is 2.35. The van der Waals surface area contributed by atoms with Crippen molar-refractivity contribution in [3.05, 3.63) is 12.4 Å². The van der Waals surface area contributed by atoms with Crippen LogP contribution < -0.4 is 9.80 Å². The number of carboxylic acids is 1. The second-order valence-corrected chi connectivity index (χ2v) is 3.91. The minimum Gasteiger partial charge on any atom is -0.480 e. The van der Waals surface area contributed by atoms with Gasteiger partial charge in [0.15, 0.2) is 0 Å². The summed E-state index contributed by atoms with van der Waals surface area (Å²) in [6.45, 7) is 2.92. The highest BCUT2D eigenvalue weighted by molar-refractivity contribution is 5.73. The molecule has 0 unspecified atom stereocenters. The van der Waals surface area contributed by atoms with Crippen LogP contribution in [-0.2, 0) is 4.79 Å². The molecule has 6 nitrogen and oxygen atoms in total. The van der Waals surface area contributed by atoms with E-state index in [2.05, 4.69) is 16.9 Å². The summed E-state index contributed by atoms with van der Waals surface area (Å²) in [6.07, 6.45) is 2.48. The first-order chi connectivity index (χ1) is 8.04. The summed E-state index contributed by atoms with van der Waals surface area (Å²) in [5.41, 5.74) is 0. The van der Waals surface area contributed by atoms with Gasteiger partial charge in [0.1, 0.15) is 24.5 Å². The number of hydrogen-bond acceptors (Lipinski definition) is 5. The number of rotatable bonds is 6. The maximum absolute atomic E-state index is 10.6. The van der Waals surface area contributed by atoms with Gasteiger partial charge in [-0.3, -0.25) is 4.79 Å². The molecule has 17 heavy (non-hydrogen) atoms. The molecular weight excluding hydrogens is 220 g/mol. The number of aliphatic carboxylic acids is 1. The van der Waals surface area contributed by atoms with Crippen LogP contribution in [0.1, 0.15) is 13.3 Å². The van der Waals surface area contributed by atoms with Crippen LogP contribution in [0.4, 0.5) is 11.6 Å². The van der Waals surface area contributed by atoms with Crippen LogP contribution in [-0.4, -0.2) is 48.2 Å². The normalized spacial score (nSPS) is 10.1. The average Bonchev–Trinajstić information content (AvgIpc) is 2.28. The highest BCUT2D eigenvalue weighted by atomic mass is 16.4. The van der Waals surface area contributed by atoms with Gasteiger partial charge in [-0.1, -0.05) is 6.92 Å². The molecule has 94 valence electrons. The summed E-state index contributed by atoms with van der Waals surface area (Å²) < 4.78 is 0. The Bertz CT molecular complexity index is 383. The Labute approximate surface area is 101 Å². The van der Waals surface area contributed by atoms with Crippen molar-refractivity contribution in [2.45, 2.75) is 13.3 Å². The molecule has 0 aliphatic carbocycles. The molecule has 1 aromatic rings. The van der Waals surface area contributed by atoms with Gasteiger partial charge in [-0.05, 0) is 6.42 Å². The quantitative estimate of drug-likeness (QED) is 0.792. The first kappa shape index (κ1) is 13.2. The van der Waals surface area contributed by atoms with Crippen LogP contribution in [0.3, 0.4) is 0 Å². The number of nitrogens with zero attached hydrogens (tertiary/aromatic N) is 4. The van der Waals surface area contributed by atoms with E-state index in [0.29, 0.717) is 5.82 Å². The van der Waals surface area contributed by atoms with Gasteiger partial charge in [-0.15, -0.1) is 0 Å². The third kappa shape index (κ3) is 3.90. The van der Waals surface area contributed by atoms with Crippen molar-refractivity contribution in [1.82, 2.24) is 9.97 Å². The summed E-state index contributed by atoms with van der Waals surface area (Å²) in [4.78, 5) is 22.4. The number of hydrogen-bond donors (Lipinski definition) is 1. The Kier molecular flexibility index (Phi) is 4.68. The maximum atomic E-state index is 10.6. The van der Waals surface area contributed by atoms with E-state index in [4.69, 9.17) is 5.11 Å². The van der Waals surface area contributed by atoms with E-state index in [1.807, 2.05) is 11.9 Å². The standard InChI is InChI=1S/C11H18N4O2/c1-4-5-14(2)9-6-10(13-8-12-9)15(3)7-11(16)17/h6,8H,4-5,7H2,1-3H3,(H,16,17). The second kappa shape index (κ2) is 6.03. The molecule has 6 heteroatoms. The monoisotopic (exact) mass is 238 g/mol. The van der Waals surface area contributed by atoms with Crippen LogP contribution in [0.25, 0.3) is 0 Å². The van der Waals surface area contributed by atoms with Crippen molar-refractivity contribution in [3.63, 3.8) is 0 Å². The molecule has 0 fully saturated rings. The average molecular weight is 238 g/mol. The van der Waals surface area contributed by atoms with Crippen LogP contribution in [0.2, 0.25) is 0 Å². The van der Waals surface area contributed by atoms with E-state index >= 15 is 0 Å². The zero-order chi connectivity index (χ0) is 12.8. The van der Waals surface area contributed by atoms with Crippen LogP contribution in [0.5, 0.6) is 0 Å². The lowest BCUT2D eigenvalue weighted by Gasteiger charge is -2.20. The maximum Gasteiger partial charge on any atom is 0.323 e. The van der Waals surface area contributed by atoms with Crippen LogP contribution in [0, 0.1) is 0 Å². The summed E-state index contributed by atoms with van der Waals surface area (Å²) in [7, 11) is 3.65. The van der Waals surface area contributed by atoms with Crippen LogP contribution >= 0.6 is 0 Å². The minimum absolute atomic E-state index is 0.0755. The van der Waals surface area contributed by atoms with E-state index in [1.165, 1.54) is 6.33 Å². The molecule has 0 spiro atoms. The van der Waals surface area contributed by atoms with Crippen molar-refractivity contribution in [1.29, 1.82) is 0 Å². The van der Waals surface area contributed by atoms with Gasteiger partial charge in [0.2, 0.25) is 0 Å². The number of anilines is 2. The molecule has 0 radical (unpaired) electrons. The zero-order valence-electron chi connectivity index (χ0n) is 10.4. The molecule has 0 aromatic carbocycles. The Hall–Kier alpha value is -1.85. The number of likely N-dealkylation sites (N-methyl/N-ethyl adjacent to an activating group) is 1. The van der Waals surface area contributed by atoms with Gasteiger partial charge in [-0.2, -0.15) is 0 Å². The second-order valence-electron chi connectivity index (χ2n) is 3.91. The van der Waals surface area contributed by atoms with Crippen LogP contribution in [0.15, 0.2) is 12.4 Å². The number of carbonyl (C=O) groups is 1. The van der Waals surface area contributed by atoms with Gasteiger partial charge in [0, 0.05) is 26.7 Å². The zero-order valence-corrected chi connectivity index (χ0v) is 10.4. The first-order valence-corrected chi connectivity index (χ1v) is 5.50. The van der Waals surface area contributed by atoms with Crippen molar-refractivity contribution >= 4 is 17.6 Å². The predicted octanol–water partition coefficient (Wildman–Crippen LogP) is 0.844. The predicted molar refractivity (Wildman–Crippen MR) is 66.5 cm³/mol. The largest absolute Gasteiger partial charge is 0.480 e. The first-order valence-electron chi connectivity index (χ1n) is 5.50. The smallest absolute Gasteiger partial charge is 0.323 e. The Morgan fingerprint density at radius 1 is 1.29 bits per heavy atom. The van der Waals surface area contributed by atoms with E-state index in [9.17, 15) is 4.79 Å². The lowest BCUT2D eigenvalue weighted by Crippen LogP contribution is -2.26. The summed E-state index contributed by atoms with van der Waals surface area (Å²) >= 11 is 0. The van der Waals surface area contributed by atoms with E-state index in [1.54, 1.807) is 18.0 Å². The van der Waals surface area contributed by atoms with Gasteiger partial charge < -0.3 is 14.9 Å². The van der Waals surface area contributed by atoms with Gasteiger partial charge >= 0.3 is 5.97 Å². The highest BCUT2D eigenvalue weighted by Crippen LogP contribution is 2.15. The van der Waals surface area contributed by atoms with E-state index in [-0.39, 0.29) is 6.54 Å². The SMILES string of the molecule is CCCN(C)c1cc(N(C)CC(=O)O)ncn1. The molecule has 0 atom stereocenters. The molecule has 1 heterocycles. The lowest BCUT2D eigenvalue weighted by molar-refractivity contribution is -0.135. The molecule has 0 aliphatic rings. The van der Waals surface area contributed by atoms with Gasteiger partial charge in [-0.25, -0.2) is 9.97 Å². The molecular formula is C11H18N4O2. The Balaban J connectivity index is 2.81. The minimum atomic E-state index is -0.880. The summed E-state index contributed by atoms with van der Waals surface area (Å²) in [5, 5.41) is 8.71. The number of aromatic nitrogens is 2. The van der Waals surface area contributed by atoms with Gasteiger partial charge in [0.05, 0.1) is 0 Å². The molecule has 0 saturated heterocycles. The molecule has 0 bridgehead atoms. The Morgan fingerprint density at radius 3 is 2.41 bits per heavy atom. The fourth-order valence-electron chi connectivity index (χ4n) is 1.49. The molecule has 1 rings (SSSR count). The van der Waals surface area contributed by atoms with Crippen molar-refractivity contribution < 1.29 is 9.90 Å². The third-order valence-corrected chi connectivity index (χ3v) is 2.35. The van der Waals surface area contributed by atoms with Gasteiger partial charge in [0.25, 0.3) is 0 Å². The van der Waals surface area contributed by atoms with Crippen molar-refractivity contribution in [2.75, 3.05) is 37.0 Å². The molecule has 0 saturated carbocycles. The van der Waals surface area contributed by atoms with Crippen molar-refractivity contribution in [2.24, 2.45) is 0 Å².